The van der Waals surface area contributed by atoms with Gasteiger partial charge in [0, 0.05) is 0 Å². The summed E-state index contributed by atoms with van der Waals surface area (Å²) in [5.74, 6) is 0. The van der Waals surface area contributed by atoms with Crippen LogP contribution in [0.3, 0.4) is 0 Å². The molecule has 5 heteroatoms. The third-order valence-electron chi connectivity index (χ3n) is 1.75. The number of hydrogen-bond acceptors (Lipinski definition) is 4. The Morgan fingerprint density at radius 3 is 3.07 bits per heavy atom. The Morgan fingerprint density at radius 2 is 2.36 bits per heavy atom. The Labute approximate surface area is 86.9 Å². The SMILES string of the molecule is N#Cc1coc2cnc(Br)cc2c1=O. The normalized spacial score (nSPS) is 10.0. The number of halogens is 1. The molecule has 0 fully saturated rings. The molecule has 0 unspecified atom stereocenters. The predicted molar refractivity (Wildman–Crippen MR) is 52.7 cm³/mol. The van der Waals surface area contributed by atoms with Crippen molar-refractivity contribution in [1.82, 2.24) is 4.98 Å². The van der Waals surface area contributed by atoms with Crippen LogP contribution in [0.25, 0.3) is 11.0 Å². The highest BCUT2D eigenvalue weighted by Crippen LogP contribution is 2.14. The lowest BCUT2D eigenvalue weighted by Gasteiger charge is -1.95. The molecular formula is C9H3BrN2O2. The van der Waals surface area contributed by atoms with E-state index in [1.54, 1.807) is 6.07 Å². The molecule has 0 N–H and O–H groups in total. The summed E-state index contributed by atoms with van der Waals surface area (Å²) in [5.41, 5.74) is 0.0321. The van der Waals surface area contributed by atoms with Crippen LogP contribution in [0.5, 0.6) is 0 Å². The summed E-state index contributed by atoms with van der Waals surface area (Å²) in [7, 11) is 0. The monoisotopic (exact) mass is 250 g/mol. The highest BCUT2D eigenvalue weighted by molar-refractivity contribution is 9.10. The van der Waals surface area contributed by atoms with E-state index in [1.807, 2.05) is 0 Å². The summed E-state index contributed by atoms with van der Waals surface area (Å²) in [6.07, 6.45) is 2.57. The number of nitriles is 1. The standard InChI is InChI=1S/C9H3BrN2O2/c10-8-1-6-7(3-12-8)14-4-5(2-11)9(6)13/h1,3-4H. The molecule has 0 saturated heterocycles. The zero-order valence-electron chi connectivity index (χ0n) is 6.82. The van der Waals surface area contributed by atoms with E-state index in [2.05, 4.69) is 20.9 Å². The topological polar surface area (TPSA) is 66.9 Å². The maximum absolute atomic E-state index is 11.6. The quantitative estimate of drug-likeness (QED) is 0.670. The smallest absolute Gasteiger partial charge is 0.210 e. The van der Waals surface area contributed by atoms with Gasteiger partial charge in [0.1, 0.15) is 22.5 Å². The minimum absolute atomic E-state index is 0.00407. The molecule has 4 nitrogen and oxygen atoms in total. The van der Waals surface area contributed by atoms with Crippen molar-refractivity contribution in [1.29, 1.82) is 5.26 Å². The first-order valence-electron chi connectivity index (χ1n) is 3.69. The number of aromatic nitrogens is 1. The molecule has 2 aromatic heterocycles. The Balaban J connectivity index is 2.96. The first-order valence-corrected chi connectivity index (χ1v) is 4.49. The van der Waals surface area contributed by atoms with E-state index in [1.165, 1.54) is 12.3 Å². The zero-order chi connectivity index (χ0) is 10.1. The molecule has 0 atom stereocenters. The van der Waals surface area contributed by atoms with Crippen LogP contribution in [0.1, 0.15) is 5.56 Å². The highest BCUT2D eigenvalue weighted by Gasteiger charge is 2.06. The maximum Gasteiger partial charge on any atom is 0.210 e. The first-order chi connectivity index (χ1) is 6.72. The van der Waals surface area contributed by atoms with Crippen LogP contribution in [0.2, 0.25) is 0 Å². The molecule has 0 aliphatic heterocycles. The summed E-state index contributed by atoms with van der Waals surface area (Å²) < 4.78 is 5.60. The van der Waals surface area contributed by atoms with Gasteiger partial charge in [-0.05, 0) is 22.0 Å². The Hall–Kier alpha value is -1.67. The van der Waals surface area contributed by atoms with Gasteiger partial charge >= 0.3 is 0 Å². The van der Waals surface area contributed by atoms with Gasteiger partial charge in [-0.3, -0.25) is 4.79 Å². The molecule has 0 aromatic carbocycles. The van der Waals surface area contributed by atoms with Gasteiger partial charge in [0.2, 0.25) is 5.43 Å². The van der Waals surface area contributed by atoms with Gasteiger partial charge in [0.15, 0.2) is 5.58 Å². The number of nitrogens with zero attached hydrogens (tertiary/aromatic N) is 2. The Bertz CT molecular complexity index is 598. The first kappa shape index (κ1) is 8.91. The fourth-order valence-corrected chi connectivity index (χ4v) is 1.42. The number of hydrogen-bond donors (Lipinski definition) is 0. The van der Waals surface area contributed by atoms with E-state index in [-0.39, 0.29) is 11.0 Å². The molecule has 14 heavy (non-hydrogen) atoms. The molecule has 0 bridgehead atoms. The summed E-state index contributed by atoms with van der Waals surface area (Å²) in [6.45, 7) is 0. The molecule has 0 radical (unpaired) electrons. The minimum Gasteiger partial charge on any atom is -0.461 e. The molecule has 0 aliphatic rings. The van der Waals surface area contributed by atoms with Crippen molar-refractivity contribution in [3.05, 3.63) is 38.9 Å². The van der Waals surface area contributed by atoms with Gasteiger partial charge in [-0.2, -0.15) is 5.26 Å². The van der Waals surface area contributed by atoms with Crippen LogP contribution >= 0.6 is 15.9 Å². The number of rotatable bonds is 0. The zero-order valence-corrected chi connectivity index (χ0v) is 8.41. The van der Waals surface area contributed by atoms with Gasteiger partial charge in [-0.25, -0.2) is 4.98 Å². The minimum atomic E-state index is -0.336. The van der Waals surface area contributed by atoms with Crippen molar-refractivity contribution in [3.63, 3.8) is 0 Å². The maximum atomic E-state index is 11.6. The van der Waals surface area contributed by atoms with Crippen LogP contribution in [0, 0.1) is 11.3 Å². The van der Waals surface area contributed by atoms with Crippen molar-refractivity contribution in [2.75, 3.05) is 0 Å². The second kappa shape index (κ2) is 3.24. The van der Waals surface area contributed by atoms with Gasteiger partial charge < -0.3 is 4.42 Å². The molecular weight excluding hydrogens is 248 g/mol. The molecule has 0 amide bonds. The number of fused-ring (bicyclic) bond motifs is 1. The van der Waals surface area contributed by atoms with Crippen LogP contribution < -0.4 is 5.43 Å². The summed E-state index contributed by atoms with van der Waals surface area (Å²) in [6, 6.07) is 3.29. The van der Waals surface area contributed by atoms with Gasteiger partial charge in [0.05, 0.1) is 11.6 Å². The molecule has 2 rings (SSSR count). The van der Waals surface area contributed by atoms with Crippen LogP contribution in [0.4, 0.5) is 0 Å². The van der Waals surface area contributed by atoms with Gasteiger partial charge in [0.25, 0.3) is 0 Å². The molecule has 68 valence electrons. The van der Waals surface area contributed by atoms with Gasteiger partial charge in [-0.1, -0.05) is 0 Å². The third kappa shape index (κ3) is 1.30. The van der Waals surface area contributed by atoms with Crippen molar-refractivity contribution in [2.24, 2.45) is 0 Å². The second-order valence-corrected chi connectivity index (χ2v) is 3.41. The largest absolute Gasteiger partial charge is 0.461 e. The van der Waals surface area contributed by atoms with E-state index in [4.69, 9.17) is 9.68 Å². The summed E-state index contributed by atoms with van der Waals surface area (Å²) in [4.78, 5) is 15.5. The van der Waals surface area contributed by atoms with E-state index < -0.39 is 0 Å². The van der Waals surface area contributed by atoms with Crippen molar-refractivity contribution >= 4 is 26.9 Å². The van der Waals surface area contributed by atoms with E-state index in [9.17, 15) is 4.79 Å². The van der Waals surface area contributed by atoms with Gasteiger partial charge in [-0.15, -0.1) is 0 Å². The second-order valence-electron chi connectivity index (χ2n) is 2.59. The highest BCUT2D eigenvalue weighted by atomic mass is 79.9. The van der Waals surface area contributed by atoms with Crippen molar-refractivity contribution in [3.8, 4) is 6.07 Å². The molecule has 0 saturated carbocycles. The summed E-state index contributed by atoms with van der Waals surface area (Å²) in [5, 5.41) is 8.96. The third-order valence-corrected chi connectivity index (χ3v) is 2.18. The number of pyridine rings is 1. The molecule has 2 heterocycles. The van der Waals surface area contributed by atoms with Crippen LogP contribution in [0.15, 0.2) is 32.3 Å². The van der Waals surface area contributed by atoms with Crippen LogP contribution in [-0.2, 0) is 0 Å². The van der Waals surface area contributed by atoms with E-state index >= 15 is 0 Å². The van der Waals surface area contributed by atoms with E-state index in [0.717, 1.165) is 6.26 Å². The average Bonchev–Trinajstić information content (AvgIpc) is 2.20. The molecule has 0 spiro atoms. The lowest BCUT2D eigenvalue weighted by Crippen LogP contribution is -2.05. The predicted octanol–water partition coefficient (Wildman–Crippen LogP) is 1.82. The molecule has 0 aliphatic carbocycles. The van der Waals surface area contributed by atoms with E-state index in [0.29, 0.717) is 15.6 Å². The van der Waals surface area contributed by atoms with Crippen molar-refractivity contribution < 1.29 is 4.42 Å². The average molecular weight is 251 g/mol. The van der Waals surface area contributed by atoms with Crippen molar-refractivity contribution in [2.45, 2.75) is 0 Å². The Morgan fingerprint density at radius 1 is 1.57 bits per heavy atom. The molecule has 2 aromatic rings. The lowest BCUT2D eigenvalue weighted by molar-refractivity contribution is 0.598. The Kier molecular flexibility index (Phi) is 2.06. The fourth-order valence-electron chi connectivity index (χ4n) is 1.09. The lowest BCUT2D eigenvalue weighted by atomic mass is 10.2. The van der Waals surface area contributed by atoms with Crippen LogP contribution in [-0.4, -0.2) is 4.98 Å². The fraction of sp³-hybridized carbons (Fsp3) is 0. The summed E-state index contributed by atoms with van der Waals surface area (Å²) >= 11 is 3.14.